The number of nitrogens with one attached hydrogen (secondary N) is 1. The van der Waals surface area contributed by atoms with E-state index in [-0.39, 0.29) is 11.7 Å². The van der Waals surface area contributed by atoms with Gasteiger partial charge in [0.1, 0.15) is 11.9 Å². The molecule has 3 N–H and O–H groups in total. The molecule has 1 amide bonds. The molecule has 0 radical (unpaired) electrons. The van der Waals surface area contributed by atoms with E-state index in [1.54, 1.807) is 24.3 Å². The van der Waals surface area contributed by atoms with Crippen LogP contribution in [0, 0.1) is 5.82 Å². The van der Waals surface area contributed by atoms with Crippen LogP contribution in [0.3, 0.4) is 0 Å². The molecule has 0 aliphatic heterocycles. The van der Waals surface area contributed by atoms with Crippen molar-refractivity contribution >= 4 is 23.2 Å². The molecule has 0 aromatic heterocycles. The van der Waals surface area contributed by atoms with Crippen molar-refractivity contribution in [2.75, 3.05) is 5.32 Å². The Kier molecular flexibility index (Phi) is 4.14. The molecule has 0 aliphatic carbocycles. The van der Waals surface area contributed by atoms with Crippen molar-refractivity contribution in [3.63, 3.8) is 0 Å². The second-order valence-electron chi connectivity index (χ2n) is 4.03. The summed E-state index contributed by atoms with van der Waals surface area (Å²) in [5, 5.41) is 3.13. The highest BCUT2D eigenvalue weighted by Crippen LogP contribution is 2.18. The van der Waals surface area contributed by atoms with Gasteiger partial charge in [-0.2, -0.15) is 0 Å². The van der Waals surface area contributed by atoms with E-state index in [0.29, 0.717) is 16.3 Å². The highest BCUT2D eigenvalue weighted by molar-refractivity contribution is 6.30. The van der Waals surface area contributed by atoms with Crippen molar-refractivity contribution < 1.29 is 9.18 Å². The van der Waals surface area contributed by atoms with Gasteiger partial charge in [-0.05, 0) is 42.0 Å². The van der Waals surface area contributed by atoms with Crippen molar-refractivity contribution in [3.05, 3.63) is 64.9 Å². The van der Waals surface area contributed by atoms with E-state index in [9.17, 15) is 9.18 Å². The van der Waals surface area contributed by atoms with E-state index >= 15 is 0 Å². The van der Waals surface area contributed by atoms with Crippen LogP contribution in [0.2, 0.25) is 5.02 Å². The standard InChI is InChI=1S/C14H12ClFN2O/c15-10-3-1-2-9(8-10)13(17)14(19)18-12-6-4-11(16)5-7-12/h1-8,13H,17H2,(H,18,19). The number of halogens is 2. The first-order valence-corrected chi connectivity index (χ1v) is 6.01. The molecule has 0 bridgehead atoms. The van der Waals surface area contributed by atoms with Crippen LogP contribution in [-0.2, 0) is 4.79 Å². The second kappa shape index (κ2) is 5.82. The Labute approximate surface area is 115 Å². The minimum absolute atomic E-state index is 0.364. The van der Waals surface area contributed by atoms with Crippen LogP contribution >= 0.6 is 11.6 Å². The number of carbonyl (C=O) groups excluding carboxylic acids is 1. The maximum Gasteiger partial charge on any atom is 0.245 e. The Morgan fingerprint density at radius 2 is 1.89 bits per heavy atom. The number of amides is 1. The number of rotatable bonds is 3. The summed E-state index contributed by atoms with van der Waals surface area (Å²) < 4.78 is 12.7. The van der Waals surface area contributed by atoms with Crippen LogP contribution in [0.25, 0.3) is 0 Å². The molecule has 0 aliphatic rings. The number of nitrogens with two attached hydrogens (primary N) is 1. The van der Waals surface area contributed by atoms with Crippen molar-refractivity contribution in [2.45, 2.75) is 6.04 Å². The van der Waals surface area contributed by atoms with E-state index in [0.717, 1.165) is 0 Å². The molecule has 0 saturated heterocycles. The lowest BCUT2D eigenvalue weighted by molar-refractivity contribution is -0.117. The zero-order valence-electron chi connectivity index (χ0n) is 9.94. The summed E-state index contributed by atoms with van der Waals surface area (Å²) in [5.41, 5.74) is 6.95. The van der Waals surface area contributed by atoms with Gasteiger partial charge in [0.25, 0.3) is 0 Å². The minimum Gasteiger partial charge on any atom is -0.324 e. The van der Waals surface area contributed by atoms with Gasteiger partial charge in [-0.25, -0.2) is 4.39 Å². The zero-order valence-corrected chi connectivity index (χ0v) is 10.7. The molecule has 0 fully saturated rings. The summed E-state index contributed by atoms with van der Waals surface area (Å²) in [7, 11) is 0. The Bertz CT molecular complexity index is 586. The van der Waals surface area contributed by atoms with Crippen LogP contribution in [0.15, 0.2) is 48.5 Å². The number of benzene rings is 2. The van der Waals surface area contributed by atoms with Crippen LogP contribution in [0.1, 0.15) is 11.6 Å². The van der Waals surface area contributed by atoms with Crippen LogP contribution < -0.4 is 11.1 Å². The van der Waals surface area contributed by atoms with Gasteiger partial charge >= 0.3 is 0 Å². The van der Waals surface area contributed by atoms with E-state index in [1.807, 2.05) is 0 Å². The second-order valence-corrected chi connectivity index (χ2v) is 4.47. The largest absolute Gasteiger partial charge is 0.324 e. The Morgan fingerprint density at radius 1 is 1.21 bits per heavy atom. The summed E-state index contributed by atoms with van der Waals surface area (Å²) in [6, 6.07) is 11.4. The smallest absolute Gasteiger partial charge is 0.245 e. The number of anilines is 1. The summed E-state index contributed by atoms with van der Waals surface area (Å²) in [6.45, 7) is 0. The predicted octanol–water partition coefficient (Wildman–Crippen LogP) is 3.12. The molecular weight excluding hydrogens is 267 g/mol. The third-order valence-electron chi connectivity index (χ3n) is 2.60. The number of hydrogen-bond acceptors (Lipinski definition) is 2. The third-order valence-corrected chi connectivity index (χ3v) is 2.84. The van der Waals surface area contributed by atoms with Gasteiger partial charge in [0.05, 0.1) is 0 Å². The molecule has 0 spiro atoms. The topological polar surface area (TPSA) is 55.1 Å². The van der Waals surface area contributed by atoms with Crippen molar-refractivity contribution in [2.24, 2.45) is 5.73 Å². The average Bonchev–Trinajstić information content (AvgIpc) is 2.40. The maximum absolute atomic E-state index is 12.7. The molecule has 2 rings (SSSR count). The zero-order chi connectivity index (χ0) is 13.8. The minimum atomic E-state index is -0.830. The number of hydrogen-bond donors (Lipinski definition) is 2. The molecule has 5 heteroatoms. The van der Waals surface area contributed by atoms with Crippen molar-refractivity contribution in [1.29, 1.82) is 0 Å². The normalized spacial score (nSPS) is 11.9. The van der Waals surface area contributed by atoms with Gasteiger partial charge in [-0.1, -0.05) is 23.7 Å². The van der Waals surface area contributed by atoms with Gasteiger partial charge in [0.15, 0.2) is 0 Å². The molecule has 98 valence electrons. The van der Waals surface area contributed by atoms with Crippen molar-refractivity contribution in [3.8, 4) is 0 Å². The highest BCUT2D eigenvalue weighted by Gasteiger charge is 2.16. The first kappa shape index (κ1) is 13.5. The van der Waals surface area contributed by atoms with Crippen LogP contribution in [0.5, 0.6) is 0 Å². The SMILES string of the molecule is NC(C(=O)Nc1ccc(F)cc1)c1cccc(Cl)c1. The third kappa shape index (κ3) is 3.53. The Hall–Kier alpha value is -1.91. The van der Waals surface area contributed by atoms with E-state index in [2.05, 4.69) is 5.32 Å². The predicted molar refractivity (Wildman–Crippen MR) is 73.4 cm³/mol. The van der Waals surface area contributed by atoms with Gasteiger partial charge in [0, 0.05) is 10.7 Å². The first-order valence-electron chi connectivity index (χ1n) is 5.64. The summed E-state index contributed by atoms with van der Waals surface area (Å²) in [4.78, 5) is 11.9. The van der Waals surface area contributed by atoms with Gasteiger partial charge in [-0.3, -0.25) is 4.79 Å². The molecule has 1 unspecified atom stereocenters. The van der Waals surface area contributed by atoms with Crippen LogP contribution in [0.4, 0.5) is 10.1 Å². The fraction of sp³-hybridized carbons (Fsp3) is 0.0714. The average molecular weight is 279 g/mol. The first-order chi connectivity index (χ1) is 9.06. The molecule has 1 atom stereocenters. The lowest BCUT2D eigenvalue weighted by Crippen LogP contribution is -2.27. The lowest BCUT2D eigenvalue weighted by atomic mass is 10.1. The highest BCUT2D eigenvalue weighted by atomic mass is 35.5. The van der Waals surface area contributed by atoms with Crippen molar-refractivity contribution in [1.82, 2.24) is 0 Å². The summed E-state index contributed by atoms with van der Waals surface area (Å²) >= 11 is 5.84. The van der Waals surface area contributed by atoms with E-state index in [4.69, 9.17) is 17.3 Å². The van der Waals surface area contributed by atoms with Gasteiger partial charge < -0.3 is 11.1 Å². The molecule has 0 saturated carbocycles. The molecule has 2 aromatic rings. The van der Waals surface area contributed by atoms with Gasteiger partial charge in [0.2, 0.25) is 5.91 Å². The molecule has 0 heterocycles. The summed E-state index contributed by atoms with van der Waals surface area (Å²) in [6.07, 6.45) is 0. The van der Waals surface area contributed by atoms with Gasteiger partial charge in [-0.15, -0.1) is 0 Å². The molecular formula is C14H12ClFN2O. The summed E-state index contributed by atoms with van der Waals surface area (Å²) in [5.74, 6) is -0.744. The monoisotopic (exact) mass is 278 g/mol. The lowest BCUT2D eigenvalue weighted by Gasteiger charge is -2.12. The van der Waals surface area contributed by atoms with Crippen LogP contribution in [-0.4, -0.2) is 5.91 Å². The molecule has 3 nitrogen and oxygen atoms in total. The molecule has 19 heavy (non-hydrogen) atoms. The number of carbonyl (C=O) groups is 1. The molecule has 2 aromatic carbocycles. The Balaban J connectivity index is 2.09. The van der Waals surface area contributed by atoms with E-state index in [1.165, 1.54) is 24.3 Å². The maximum atomic E-state index is 12.7. The Morgan fingerprint density at radius 3 is 2.53 bits per heavy atom. The fourth-order valence-corrected chi connectivity index (χ4v) is 1.80. The van der Waals surface area contributed by atoms with E-state index < -0.39 is 6.04 Å². The quantitative estimate of drug-likeness (QED) is 0.906. The fourth-order valence-electron chi connectivity index (χ4n) is 1.60.